The van der Waals surface area contributed by atoms with Gasteiger partial charge >= 0.3 is 5.97 Å². The molecular weight excluding hydrogens is 390 g/mol. The third-order valence-corrected chi connectivity index (χ3v) is 6.50. The van der Waals surface area contributed by atoms with Crippen molar-refractivity contribution in [1.29, 1.82) is 5.26 Å². The molecule has 0 aliphatic carbocycles. The number of piperidine rings is 1. The summed E-state index contributed by atoms with van der Waals surface area (Å²) in [5.41, 5.74) is 1.72. The van der Waals surface area contributed by atoms with Crippen LogP contribution in [-0.2, 0) is 26.2 Å². The predicted octanol–water partition coefficient (Wildman–Crippen LogP) is 2.46. The Kier molecular flexibility index (Phi) is 5.07. The first kappa shape index (κ1) is 19.2. The fourth-order valence-corrected chi connectivity index (χ4v) is 4.93. The summed E-state index contributed by atoms with van der Waals surface area (Å²) in [6, 6.07) is 15.8. The predicted molar refractivity (Wildman–Crippen MR) is 105 cm³/mol. The number of rotatable bonds is 3. The molecule has 1 fully saturated rings. The van der Waals surface area contributed by atoms with E-state index in [4.69, 9.17) is 10.00 Å². The van der Waals surface area contributed by atoms with E-state index in [1.54, 1.807) is 48.5 Å². The van der Waals surface area contributed by atoms with Crippen LogP contribution in [0.25, 0.3) is 0 Å². The lowest BCUT2D eigenvalue weighted by Crippen LogP contribution is -2.42. The largest absolute Gasteiger partial charge is 0.460 e. The lowest BCUT2D eigenvalue weighted by atomic mass is 9.97. The van der Waals surface area contributed by atoms with Gasteiger partial charge < -0.3 is 9.64 Å². The highest BCUT2D eigenvalue weighted by atomic mass is 32.2. The van der Waals surface area contributed by atoms with Crippen molar-refractivity contribution in [3.8, 4) is 6.07 Å². The van der Waals surface area contributed by atoms with Gasteiger partial charge in [-0.15, -0.1) is 4.40 Å². The monoisotopic (exact) mass is 409 g/mol. The summed E-state index contributed by atoms with van der Waals surface area (Å²) in [7, 11) is -3.70. The molecule has 148 valence electrons. The Labute approximate surface area is 169 Å². The van der Waals surface area contributed by atoms with E-state index in [2.05, 4.69) is 10.5 Å². The molecule has 0 unspecified atom stereocenters. The number of esters is 1. The summed E-state index contributed by atoms with van der Waals surface area (Å²) in [5, 5.41) is 9.15. The van der Waals surface area contributed by atoms with Gasteiger partial charge in [-0.25, -0.2) is 0 Å². The average Bonchev–Trinajstić information content (AvgIpc) is 3.03. The maximum atomic E-state index is 12.6. The third-order valence-electron chi connectivity index (χ3n) is 5.17. The molecule has 1 saturated heterocycles. The molecule has 0 radical (unpaired) electrons. The van der Waals surface area contributed by atoms with Crippen LogP contribution in [0.1, 0.15) is 29.5 Å². The molecule has 2 aromatic carbocycles. The second kappa shape index (κ2) is 7.68. The number of sulfonamides is 1. The maximum Gasteiger partial charge on any atom is 0.311 e. The Morgan fingerprint density at radius 1 is 1.21 bits per heavy atom. The van der Waals surface area contributed by atoms with Crippen LogP contribution in [0.15, 0.2) is 57.8 Å². The van der Waals surface area contributed by atoms with Crippen LogP contribution in [0, 0.1) is 17.2 Å². The van der Waals surface area contributed by atoms with Gasteiger partial charge in [0.25, 0.3) is 10.0 Å². The Morgan fingerprint density at radius 2 is 1.97 bits per heavy atom. The molecule has 2 aliphatic heterocycles. The summed E-state index contributed by atoms with van der Waals surface area (Å²) in [6.45, 7) is 1.02. The van der Waals surface area contributed by atoms with Crippen LogP contribution < -0.4 is 0 Å². The molecule has 2 aromatic rings. The lowest BCUT2D eigenvalue weighted by Gasteiger charge is -2.32. The number of nitrogens with zero attached hydrogens (tertiary/aromatic N) is 3. The van der Waals surface area contributed by atoms with Crippen molar-refractivity contribution in [1.82, 2.24) is 4.90 Å². The van der Waals surface area contributed by atoms with Gasteiger partial charge in [0.15, 0.2) is 5.84 Å². The summed E-state index contributed by atoms with van der Waals surface area (Å²) < 4.78 is 34.0. The third kappa shape index (κ3) is 3.74. The summed E-state index contributed by atoms with van der Waals surface area (Å²) in [6.07, 6.45) is 1.40. The van der Waals surface area contributed by atoms with Crippen molar-refractivity contribution in [3.05, 3.63) is 65.2 Å². The van der Waals surface area contributed by atoms with Gasteiger partial charge in [0.2, 0.25) is 0 Å². The second-order valence-electron chi connectivity index (χ2n) is 7.05. The van der Waals surface area contributed by atoms with Gasteiger partial charge in [-0.3, -0.25) is 4.79 Å². The maximum absolute atomic E-state index is 12.6. The SMILES string of the molecule is N#Cc1ccccc1COC(=O)[C@H]1CCCN(C2=NS(=O)(=O)c3ccccc32)C1. The van der Waals surface area contributed by atoms with E-state index in [1.165, 1.54) is 0 Å². The molecule has 2 heterocycles. The molecule has 0 bridgehead atoms. The van der Waals surface area contributed by atoms with Gasteiger partial charge in [0, 0.05) is 24.2 Å². The van der Waals surface area contributed by atoms with E-state index in [0.717, 1.165) is 6.42 Å². The second-order valence-corrected chi connectivity index (χ2v) is 8.62. The van der Waals surface area contributed by atoms with Crippen LogP contribution in [-0.4, -0.2) is 38.2 Å². The van der Waals surface area contributed by atoms with Gasteiger partial charge in [-0.1, -0.05) is 30.3 Å². The van der Waals surface area contributed by atoms with E-state index in [0.29, 0.717) is 42.0 Å². The summed E-state index contributed by atoms with van der Waals surface area (Å²) in [5.74, 6) is -0.332. The van der Waals surface area contributed by atoms with Crippen LogP contribution in [0.2, 0.25) is 0 Å². The zero-order valence-electron chi connectivity index (χ0n) is 15.6. The number of carbonyl (C=O) groups excluding carboxylic acids is 1. The molecule has 0 amide bonds. The first-order chi connectivity index (χ1) is 14.0. The van der Waals surface area contributed by atoms with E-state index in [-0.39, 0.29) is 23.4 Å². The number of hydrogen-bond acceptors (Lipinski definition) is 6. The zero-order valence-corrected chi connectivity index (χ0v) is 16.4. The Hall–Kier alpha value is -3.18. The van der Waals surface area contributed by atoms with E-state index >= 15 is 0 Å². The minimum absolute atomic E-state index is 0.0389. The fraction of sp³-hybridized carbons (Fsp3) is 0.286. The molecule has 0 spiro atoms. The fourth-order valence-electron chi connectivity index (χ4n) is 3.70. The molecule has 29 heavy (non-hydrogen) atoms. The smallest absolute Gasteiger partial charge is 0.311 e. The highest BCUT2D eigenvalue weighted by Gasteiger charge is 2.35. The van der Waals surface area contributed by atoms with Crippen LogP contribution in [0.3, 0.4) is 0 Å². The number of carbonyl (C=O) groups is 1. The van der Waals surface area contributed by atoms with Crippen molar-refractivity contribution in [2.45, 2.75) is 24.3 Å². The first-order valence-electron chi connectivity index (χ1n) is 9.33. The van der Waals surface area contributed by atoms with Crippen LogP contribution >= 0.6 is 0 Å². The Bertz CT molecular complexity index is 1130. The zero-order chi connectivity index (χ0) is 20.4. The number of hydrogen-bond donors (Lipinski definition) is 0. The van der Waals surface area contributed by atoms with Gasteiger partial charge in [0.05, 0.1) is 17.6 Å². The summed E-state index contributed by atoms with van der Waals surface area (Å²) in [4.78, 5) is 14.7. The van der Waals surface area contributed by atoms with Crippen LogP contribution in [0.5, 0.6) is 0 Å². The molecule has 0 N–H and O–H groups in total. The summed E-state index contributed by atoms with van der Waals surface area (Å²) >= 11 is 0. The molecule has 0 aromatic heterocycles. The number of nitriles is 1. The quantitative estimate of drug-likeness (QED) is 0.722. The highest BCUT2D eigenvalue weighted by Crippen LogP contribution is 2.30. The van der Waals surface area contributed by atoms with Crippen molar-refractivity contribution >= 4 is 21.8 Å². The standard InChI is InChI=1S/C21H19N3O4S/c22-12-15-6-1-2-7-17(15)14-28-21(25)16-8-5-11-24(13-16)20-18-9-3-4-10-19(18)29(26,27)23-20/h1-4,6-7,9-10,16H,5,8,11,13-14H2/t16-/m0/s1. The van der Waals surface area contributed by atoms with E-state index in [9.17, 15) is 13.2 Å². The van der Waals surface area contributed by atoms with Gasteiger partial charge in [0.1, 0.15) is 11.5 Å². The molecule has 2 aliphatic rings. The van der Waals surface area contributed by atoms with Crippen molar-refractivity contribution in [2.75, 3.05) is 13.1 Å². The minimum Gasteiger partial charge on any atom is -0.460 e. The van der Waals surface area contributed by atoms with E-state index in [1.807, 2.05) is 4.90 Å². The molecule has 4 rings (SSSR count). The lowest BCUT2D eigenvalue weighted by molar-refractivity contribution is -0.151. The van der Waals surface area contributed by atoms with Gasteiger partial charge in [-0.2, -0.15) is 13.7 Å². The van der Waals surface area contributed by atoms with Crippen molar-refractivity contribution in [3.63, 3.8) is 0 Å². The highest BCUT2D eigenvalue weighted by molar-refractivity contribution is 7.90. The molecule has 7 nitrogen and oxygen atoms in total. The van der Waals surface area contributed by atoms with E-state index < -0.39 is 10.0 Å². The van der Waals surface area contributed by atoms with Crippen molar-refractivity contribution < 1.29 is 17.9 Å². The van der Waals surface area contributed by atoms with Crippen molar-refractivity contribution in [2.24, 2.45) is 10.3 Å². The first-order valence-corrected chi connectivity index (χ1v) is 10.8. The van der Waals surface area contributed by atoms with Crippen LogP contribution in [0.4, 0.5) is 0 Å². The number of fused-ring (bicyclic) bond motifs is 1. The molecule has 0 saturated carbocycles. The Balaban J connectivity index is 1.47. The molecule has 8 heteroatoms. The number of likely N-dealkylation sites (tertiary alicyclic amines) is 1. The number of ether oxygens (including phenoxy) is 1. The average molecular weight is 409 g/mol. The number of amidine groups is 1. The minimum atomic E-state index is -3.70. The molecule has 1 atom stereocenters. The Morgan fingerprint density at radius 3 is 2.79 bits per heavy atom. The normalized spacial score (nSPS) is 19.8. The van der Waals surface area contributed by atoms with Gasteiger partial charge in [-0.05, 0) is 31.0 Å². The topological polar surface area (TPSA) is 99.8 Å². The number of benzene rings is 2. The molecular formula is C21H19N3O4S.